The molecule has 0 bridgehead atoms. The van der Waals surface area contributed by atoms with Gasteiger partial charge in [-0.05, 0) is 36.8 Å². The van der Waals surface area contributed by atoms with E-state index >= 15 is 0 Å². The molecule has 43 heavy (non-hydrogen) atoms. The maximum absolute atomic E-state index is 6.72. The van der Waals surface area contributed by atoms with Gasteiger partial charge in [0.1, 0.15) is 11.1 Å². The van der Waals surface area contributed by atoms with E-state index in [2.05, 4.69) is 84.8 Å². The molecule has 8 aromatic rings. The Kier molecular flexibility index (Phi) is 5.69. The van der Waals surface area contributed by atoms with Crippen molar-refractivity contribution in [2.75, 3.05) is 0 Å². The molecule has 6 heteroatoms. The maximum atomic E-state index is 6.72. The third-order valence-electron chi connectivity index (χ3n) is 8.27. The van der Waals surface area contributed by atoms with Gasteiger partial charge in [-0.25, -0.2) is 24.1 Å². The van der Waals surface area contributed by atoms with Crippen molar-refractivity contribution in [2.24, 2.45) is 14.1 Å². The molecule has 0 amide bonds. The Hall–Kier alpha value is -5.62. The van der Waals surface area contributed by atoms with Gasteiger partial charge in [0.05, 0.1) is 14.1 Å². The van der Waals surface area contributed by atoms with E-state index in [0.717, 1.165) is 55.6 Å². The van der Waals surface area contributed by atoms with Crippen molar-refractivity contribution in [3.05, 3.63) is 121 Å². The van der Waals surface area contributed by atoms with Gasteiger partial charge in [0, 0.05) is 27.5 Å². The molecule has 0 saturated carbocycles. The van der Waals surface area contributed by atoms with Crippen LogP contribution in [0.4, 0.5) is 0 Å². The standard InChI is InChI=1S/C37H28N5O/c1-23-18-20-28-27-21-19-26(22-31(27)43-33(28)32(23)37-41(2)29-16-10-11-17-30(29)42(37)3)36-39-34(24-12-6-4-7-13-24)38-35(40-36)25-14-8-5-9-15-25/h4-22H,1-3H3/q+1. The molecule has 3 aromatic heterocycles. The lowest BCUT2D eigenvalue weighted by atomic mass is 10.0. The summed E-state index contributed by atoms with van der Waals surface area (Å²) >= 11 is 0. The Labute approximate surface area is 248 Å². The second kappa shape index (κ2) is 9.74. The summed E-state index contributed by atoms with van der Waals surface area (Å²) in [5.41, 5.74) is 9.02. The quantitative estimate of drug-likeness (QED) is 0.205. The van der Waals surface area contributed by atoms with E-state index in [9.17, 15) is 0 Å². The summed E-state index contributed by atoms with van der Waals surface area (Å²) in [6, 6.07) is 39.1. The van der Waals surface area contributed by atoms with E-state index in [1.807, 2.05) is 60.7 Å². The van der Waals surface area contributed by atoms with Gasteiger partial charge in [-0.2, -0.15) is 0 Å². The van der Waals surface area contributed by atoms with E-state index in [1.54, 1.807) is 0 Å². The van der Waals surface area contributed by atoms with Gasteiger partial charge in [0.25, 0.3) is 5.82 Å². The number of fused-ring (bicyclic) bond motifs is 4. The van der Waals surface area contributed by atoms with Crippen LogP contribution in [0.5, 0.6) is 0 Å². The van der Waals surface area contributed by atoms with E-state index in [4.69, 9.17) is 19.4 Å². The predicted octanol–water partition coefficient (Wildman–Crippen LogP) is 8.06. The zero-order valence-electron chi connectivity index (χ0n) is 24.1. The van der Waals surface area contributed by atoms with Gasteiger partial charge in [-0.15, -0.1) is 0 Å². The minimum absolute atomic E-state index is 0.603. The highest BCUT2D eigenvalue weighted by Crippen LogP contribution is 2.39. The number of para-hydroxylation sites is 2. The van der Waals surface area contributed by atoms with Crippen molar-refractivity contribution in [2.45, 2.75) is 6.92 Å². The minimum atomic E-state index is 0.603. The highest BCUT2D eigenvalue weighted by Gasteiger charge is 2.27. The Bertz CT molecular complexity index is 2220. The Balaban J connectivity index is 1.33. The fourth-order valence-electron chi connectivity index (χ4n) is 6.11. The zero-order valence-corrected chi connectivity index (χ0v) is 24.1. The van der Waals surface area contributed by atoms with Crippen LogP contribution in [-0.4, -0.2) is 19.5 Å². The van der Waals surface area contributed by atoms with Crippen molar-refractivity contribution >= 4 is 33.0 Å². The Morgan fingerprint density at radius 3 is 1.86 bits per heavy atom. The summed E-state index contributed by atoms with van der Waals surface area (Å²) in [7, 11) is 4.23. The van der Waals surface area contributed by atoms with E-state index in [0.29, 0.717) is 17.5 Å². The summed E-state index contributed by atoms with van der Waals surface area (Å²) in [4.78, 5) is 14.7. The molecule has 0 N–H and O–H groups in total. The van der Waals surface area contributed by atoms with Crippen LogP contribution in [0.15, 0.2) is 120 Å². The Morgan fingerprint density at radius 1 is 0.628 bits per heavy atom. The maximum Gasteiger partial charge on any atom is 0.293 e. The van der Waals surface area contributed by atoms with Crippen molar-refractivity contribution in [1.29, 1.82) is 0 Å². The summed E-state index contributed by atoms with van der Waals surface area (Å²) in [5.74, 6) is 2.97. The van der Waals surface area contributed by atoms with Gasteiger partial charge < -0.3 is 4.42 Å². The van der Waals surface area contributed by atoms with Crippen LogP contribution in [-0.2, 0) is 14.1 Å². The lowest BCUT2D eigenvalue weighted by Gasteiger charge is -2.08. The number of aryl methyl sites for hydroxylation is 3. The van der Waals surface area contributed by atoms with E-state index < -0.39 is 0 Å². The van der Waals surface area contributed by atoms with Gasteiger partial charge in [0.2, 0.25) is 0 Å². The first kappa shape index (κ1) is 25.1. The van der Waals surface area contributed by atoms with Crippen LogP contribution < -0.4 is 4.57 Å². The highest BCUT2D eigenvalue weighted by atomic mass is 16.3. The first-order chi connectivity index (χ1) is 21.1. The number of rotatable bonds is 4. The second-order valence-electron chi connectivity index (χ2n) is 10.9. The molecule has 5 aromatic carbocycles. The molecule has 0 aliphatic rings. The summed E-state index contributed by atoms with van der Waals surface area (Å²) in [6.07, 6.45) is 0. The molecular formula is C37H28N5O+. The Morgan fingerprint density at radius 2 is 1.21 bits per heavy atom. The normalized spacial score (nSPS) is 11.6. The molecule has 8 rings (SSSR count). The fourth-order valence-corrected chi connectivity index (χ4v) is 6.11. The molecular weight excluding hydrogens is 530 g/mol. The highest BCUT2D eigenvalue weighted by molar-refractivity contribution is 6.10. The molecule has 0 radical (unpaired) electrons. The molecule has 3 heterocycles. The molecule has 0 fully saturated rings. The molecule has 0 spiro atoms. The summed E-state index contributed by atoms with van der Waals surface area (Å²) in [5, 5.41) is 2.14. The van der Waals surface area contributed by atoms with Crippen molar-refractivity contribution in [1.82, 2.24) is 19.5 Å². The van der Waals surface area contributed by atoms with Crippen molar-refractivity contribution < 1.29 is 8.98 Å². The number of hydrogen-bond donors (Lipinski definition) is 0. The predicted molar refractivity (Wildman–Crippen MR) is 171 cm³/mol. The van der Waals surface area contributed by atoms with E-state index in [1.165, 1.54) is 11.0 Å². The largest absolute Gasteiger partial charge is 0.455 e. The van der Waals surface area contributed by atoms with Crippen LogP contribution in [0, 0.1) is 6.92 Å². The molecule has 0 unspecified atom stereocenters. The van der Waals surface area contributed by atoms with E-state index in [-0.39, 0.29) is 0 Å². The average molecular weight is 559 g/mol. The lowest BCUT2D eigenvalue weighted by molar-refractivity contribution is -0.634. The number of imidazole rings is 1. The topological polar surface area (TPSA) is 60.6 Å². The first-order valence-corrected chi connectivity index (χ1v) is 14.3. The SMILES string of the molecule is Cc1ccc2c(oc3cc(-c4nc(-c5ccccc5)nc(-c5ccccc5)n4)ccc32)c1-c1n(C)c2ccccc2[n+]1C. The minimum Gasteiger partial charge on any atom is -0.455 e. The summed E-state index contributed by atoms with van der Waals surface area (Å²) < 4.78 is 11.2. The molecule has 0 aliphatic heterocycles. The third-order valence-corrected chi connectivity index (χ3v) is 8.27. The number of hydrogen-bond acceptors (Lipinski definition) is 4. The van der Waals surface area contributed by atoms with Gasteiger partial charge in [-0.3, -0.25) is 0 Å². The van der Waals surface area contributed by atoms with Gasteiger partial charge >= 0.3 is 0 Å². The van der Waals surface area contributed by atoms with Crippen LogP contribution >= 0.6 is 0 Å². The number of benzene rings is 5. The smallest absolute Gasteiger partial charge is 0.293 e. The lowest BCUT2D eigenvalue weighted by Crippen LogP contribution is -2.30. The number of aromatic nitrogens is 5. The monoisotopic (exact) mass is 558 g/mol. The van der Waals surface area contributed by atoms with Crippen LogP contribution in [0.25, 0.3) is 78.5 Å². The number of furan rings is 1. The van der Waals surface area contributed by atoms with Crippen LogP contribution in [0.1, 0.15) is 5.56 Å². The molecule has 6 nitrogen and oxygen atoms in total. The molecule has 0 atom stereocenters. The number of nitrogens with zero attached hydrogens (tertiary/aromatic N) is 5. The first-order valence-electron chi connectivity index (χ1n) is 14.3. The molecule has 0 aliphatic carbocycles. The molecule has 0 saturated heterocycles. The second-order valence-corrected chi connectivity index (χ2v) is 10.9. The van der Waals surface area contributed by atoms with Gasteiger partial charge in [-0.1, -0.05) is 91.0 Å². The fraction of sp³-hybridized carbons (Fsp3) is 0.0811. The van der Waals surface area contributed by atoms with Crippen molar-refractivity contribution in [3.63, 3.8) is 0 Å². The molecule has 206 valence electrons. The van der Waals surface area contributed by atoms with Crippen LogP contribution in [0.2, 0.25) is 0 Å². The summed E-state index contributed by atoms with van der Waals surface area (Å²) in [6.45, 7) is 2.14. The van der Waals surface area contributed by atoms with Crippen LogP contribution in [0.3, 0.4) is 0 Å². The van der Waals surface area contributed by atoms with Gasteiger partial charge in [0.15, 0.2) is 34.1 Å². The third kappa shape index (κ3) is 4.02. The average Bonchev–Trinajstić information content (AvgIpc) is 3.55. The van der Waals surface area contributed by atoms with Crippen molar-refractivity contribution in [3.8, 4) is 45.6 Å². The zero-order chi connectivity index (χ0) is 29.1.